The number of aryl methyl sites for hydroxylation is 2. The summed E-state index contributed by atoms with van der Waals surface area (Å²) in [7, 11) is 0. The van der Waals surface area contributed by atoms with Crippen molar-refractivity contribution < 1.29 is 9.90 Å². The Balaban J connectivity index is 2.98. The lowest BCUT2D eigenvalue weighted by molar-refractivity contribution is 0.0692. The zero-order valence-corrected chi connectivity index (χ0v) is 11.7. The second-order valence-corrected chi connectivity index (χ2v) is 4.99. The van der Waals surface area contributed by atoms with Crippen LogP contribution in [0.1, 0.15) is 41.8 Å². The second kappa shape index (κ2) is 6.55. The first-order chi connectivity index (χ1) is 8.47. The van der Waals surface area contributed by atoms with Crippen LogP contribution in [0.5, 0.6) is 0 Å². The van der Waals surface area contributed by atoms with Crippen molar-refractivity contribution in [3.63, 3.8) is 0 Å². The second-order valence-electron chi connectivity index (χ2n) is 4.99. The summed E-state index contributed by atoms with van der Waals surface area (Å²) in [5, 5.41) is 8.91. The van der Waals surface area contributed by atoms with Crippen molar-refractivity contribution in [2.45, 2.75) is 40.2 Å². The van der Waals surface area contributed by atoms with E-state index in [0.717, 1.165) is 16.7 Å². The normalized spacial score (nSPS) is 10.8. The van der Waals surface area contributed by atoms with Crippen LogP contribution in [-0.2, 0) is 0 Å². The SMILES string of the molecule is Cc1ccc(C)c(C(=O)N(CCCO)C(C)C)c1. The molecule has 3 heteroatoms. The molecule has 1 amide bonds. The lowest BCUT2D eigenvalue weighted by atomic mass is 10.0. The summed E-state index contributed by atoms with van der Waals surface area (Å²) in [4.78, 5) is 14.3. The van der Waals surface area contributed by atoms with Crippen LogP contribution in [-0.4, -0.2) is 35.1 Å². The van der Waals surface area contributed by atoms with Crippen molar-refractivity contribution in [2.24, 2.45) is 0 Å². The highest BCUT2D eigenvalue weighted by molar-refractivity contribution is 5.96. The van der Waals surface area contributed by atoms with Crippen LogP contribution in [0.25, 0.3) is 0 Å². The fourth-order valence-corrected chi connectivity index (χ4v) is 1.96. The summed E-state index contributed by atoms with van der Waals surface area (Å²) in [6.45, 7) is 8.66. The zero-order chi connectivity index (χ0) is 13.7. The van der Waals surface area contributed by atoms with Crippen molar-refractivity contribution in [3.8, 4) is 0 Å². The van der Waals surface area contributed by atoms with Crippen LogP contribution >= 0.6 is 0 Å². The maximum absolute atomic E-state index is 12.5. The van der Waals surface area contributed by atoms with Gasteiger partial charge in [0.15, 0.2) is 0 Å². The Hall–Kier alpha value is -1.35. The highest BCUT2D eigenvalue weighted by Crippen LogP contribution is 2.15. The quantitative estimate of drug-likeness (QED) is 0.871. The molecule has 18 heavy (non-hydrogen) atoms. The van der Waals surface area contributed by atoms with Gasteiger partial charge in [-0.15, -0.1) is 0 Å². The largest absolute Gasteiger partial charge is 0.396 e. The van der Waals surface area contributed by atoms with E-state index in [9.17, 15) is 4.79 Å². The van der Waals surface area contributed by atoms with Gasteiger partial charge >= 0.3 is 0 Å². The van der Waals surface area contributed by atoms with E-state index in [1.807, 2.05) is 50.8 Å². The Kier molecular flexibility index (Phi) is 5.35. The first-order valence-corrected chi connectivity index (χ1v) is 6.46. The van der Waals surface area contributed by atoms with Crippen LogP contribution in [0.15, 0.2) is 18.2 Å². The molecule has 0 fully saturated rings. The van der Waals surface area contributed by atoms with Gasteiger partial charge in [-0.3, -0.25) is 4.79 Å². The summed E-state index contributed by atoms with van der Waals surface area (Å²) >= 11 is 0. The minimum atomic E-state index is 0.0552. The third-order valence-electron chi connectivity index (χ3n) is 3.06. The fourth-order valence-electron chi connectivity index (χ4n) is 1.96. The molecule has 0 saturated carbocycles. The molecule has 0 aromatic heterocycles. The monoisotopic (exact) mass is 249 g/mol. The van der Waals surface area contributed by atoms with Crippen LogP contribution in [0.2, 0.25) is 0 Å². The van der Waals surface area contributed by atoms with Gasteiger partial charge in [0.1, 0.15) is 0 Å². The topological polar surface area (TPSA) is 40.5 Å². The Morgan fingerprint density at radius 3 is 2.56 bits per heavy atom. The van der Waals surface area contributed by atoms with Gasteiger partial charge in [0.25, 0.3) is 5.91 Å². The number of hydrogen-bond acceptors (Lipinski definition) is 2. The molecule has 100 valence electrons. The van der Waals surface area contributed by atoms with Gasteiger partial charge in [-0.1, -0.05) is 17.7 Å². The van der Waals surface area contributed by atoms with Crippen molar-refractivity contribution >= 4 is 5.91 Å². The Bertz CT molecular complexity index is 413. The molecule has 0 radical (unpaired) electrons. The molecule has 1 aromatic rings. The first-order valence-electron chi connectivity index (χ1n) is 6.46. The van der Waals surface area contributed by atoms with Gasteiger partial charge in [0, 0.05) is 24.8 Å². The van der Waals surface area contributed by atoms with Crippen LogP contribution in [0.3, 0.4) is 0 Å². The molecule has 0 saturated heterocycles. The van der Waals surface area contributed by atoms with Crippen molar-refractivity contribution in [1.82, 2.24) is 4.90 Å². The summed E-state index contributed by atoms with van der Waals surface area (Å²) < 4.78 is 0. The summed E-state index contributed by atoms with van der Waals surface area (Å²) in [5.74, 6) is 0.0552. The molecule has 0 heterocycles. The van der Waals surface area contributed by atoms with E-state index in [-0.39, 0.29) is 18.6 Å². The third-order valence-corrected chi connectivity index (χ3v) is 3.06. The molecule has 1 N–H and O–H groups in total. The minimum absolute atomic E-state index is 0.0552. The predicted octanol–water partition coefficient (Wildman–Crippen LogP) is 2.54. The smallest absolute Gasteiger partial charge is 0.254 e. The Morgan fingerprint density at radius 1 is 1.33 bits per heavy atom. The number of amides is 1. The Morgan fingerprint density at radius 2 is 2.00 bits per heavy atom. The number of rotatable bonds is 5. The van der Waals surface area contributed by atoms with E-state index in [4.69, 9.17) is 5.11 Å². The van der Waals surface area contributed by atoms with E-state index in [2.05, 4.69) is 0 Å². The highest BCUT2D eigenvalue weighted by Gasteiger charge is 2.19. The first kappa shape index (κ1) is 14.7. The van der Waals surface area contributed by atoms with Crippen LogP contribution in [0, 0.1) is 13.8 Å². The molecule has 1 aromatic carbocycles. The molecule has 0 aliphatic carbocycles. The van der Waals surface area contributed by atoms with Crippen molar-refractivity contribution in [1.29, 1.82) is 0 Å². The van der Waals surface area contributed by atoms with Gasteiger partial charge in [-0.05, 0) is 45.7 Å². The van der Waals surface area contributed by atoms with Crippen LogP contribution < -0.4 is 0 Å². The number of aliphatic hydroxyl groups is 1. The molecular weight excluding hydrogens is 226 g/mol. The Labute approximate surface area is 109 Å². The minimum Gasteiger partial charge on any atom is -0.396 e. The lowest BCUT2D eigenvalue weighted by Gasteiger charge is -2.27. The highest BCUT2D eigenvalue weighted by atomic mass is 16.3. The molecule has 0 aliphatic rings. The van der Waals surface area contributed by atoms with Gasteiger partial charge in [0.05, 0.1) is 0 Å². The molecule has 3 nitrogen and oxygen atoms in total. The molecule has 0 atom stereocenters. The predicted molar refractivity (Wildman–Crippen MR) is 73.8 cm³/mol. The molecule has 0 aliphatic heterocycles. The van der Waals surface area contributed by atoms with E-state index in [0.29, 0.717) is 13.0 Å². The van der Waals surface area contributed by atoms with Crippen LogP contribution in [0.4, 0.5) is 0 Å². The number of carbonyl (C=O) groups is 1. The summed E-state index contributed by atoms with van der Waals surface area (Å²) in [5.41, 5.74) is 2.86. The van der Waals surface area contributed by atoms with Gasteiger partial charge < -0.3 is 10.0 Å². The molecule has 0 bridgehead atoms. The third kappa shape index (κ3) is 3.57. The van der Waals surface area contributed by atoms with E-state index >= 15 is 0 Å². The average molecular weight is 249 g/mol. The van der Waals surface area contributed by atoms with E-state index in [1.54, 1.807) is 0 Å². The van der Waals surface area contributed by atoms with E-state index in [1.165, 1.54) is 0 Å². The van der Waals surface area contributed by atoms with Crippen molar-refractivity contribution in [2.75, 3.05) is 13.2 Å². The maximum atomic E-state index is 12.5. The standard InChI is InChI=1S/C15H23NO2/c1-11(2)16(8-5-9-17)15(18)14-10-12(3)6-7-13(14)4/h6-7,10-11,17H,5,8-9H2,1-4H3. The lowest BCUT2D eigenvalue weighted by Crippen LogP contribution is -2.38. The zero-order valence-electron chi connectivity index (χ0n) is 11.7. The molecular formula is C15H23NO2. The molecule has 0 unspecified atom stereocenters. The number of hydrogen-bond donors (Lipinski definition) is 1. The number of carbonyl (C=O) groups excluding carboxylic acids is 1. The molecule has 0 spiro atoms. The molecule has 1 rings (SSSR count). The summed E-state index contributed by atoms with van der Waals surface area (Å²) in [6.07, 6.45) is 0.620. The van der Waals surface area contributed by atoms with Gasteiger partial charge in [-0.25, -0.2) is 0 Å². The van der Waals surface area contributed by atoms with E-state index < -0.39 is 0 Å². The summed E-state index contributed by atoms with van der Waals surface area (Å²) in [6, 6.07) is 6.07. The number of aliphatic hydroxyl groups excluding tert-OH is 1. The van der Waals surface area contributed by atoms with Gasteiger partial charge in [0.2, 0.25) is 0 Å². The van der Waals surface area contributed by atoms with Gasteiger partial charge in [-0.2, -0.15) is 0 Å². The number of nitrogens with zero attached hydrogens (tertiary/aromatic N) is 1. The fraction of sp³-hybridized carbons (Fsp3) is 0.533. The number of benzene rings is 1. The average Bonchev–Trinajstić information content (AvgIpc) is 2.32. The maximum Gasteiger partial charge on any atom is 0.254 e. The van der Waals surface area contributed by atoms with Crippen molar-refractivity contribution in [3.05, 3.63) is 34.9 Å².